The molecule has 0 radical (unpaired) electrons. The number of carbonyl (C=O) groups excluding carboxylic acids is 3. The van der Waals surface area contributed by atoms with Gasteiger partial charge in [0.2, 0.25) is 5.91 Å². The van der Waals surface area contributed by atoms with Crippen molar-refractivity contribution in [2.45, 2.75) is 45.6 Å². The Hall–Kier alpha value is -2.13. The summed E-state index contributed by atoms with van der Waals surface area (Å²) in [5, 5.41) is 4.96. The van der Waals surface area contributed by atoms with Crippen molar-refractivity contribution in [3.63, 3.8) is 0 Å². The Kier molecular flexibility index (Phi) is 8.53. The predicted octanol–water partition coefficient (Wildman–Crippen LogP) is 2.66. The Morgan fingerprint density at radius 1 is 1.12 bits per heavy atom. The Bertz CT molecular complexity index is 769. The van der Waals surface area contributed by atoms with Crippen LogP contribution < -0.4 is 5.32 Å². The highest BCUT2D eigenvalue weighted by atomic mass is 32.1. The molecule has 9 heteroatoms. The molecule has 3 rings (SSSR count). The SMILES string of the molecule is CC(C)(C)OC(=O)N1CCN(CCCNC(=O)C2CCCN(C(=O)c3cccs3)C2)CC1. The summed E-state index contributed by atoms with van der Waals surface area (Å²) in [5.41, 5.74) is -0.473. The van der Waals surface area contributed by atoms with Crippen LogP contribution in [0.4, 0.5) is 4.79 Å². The van der Waals surface area contributed by atoms with Crippen molar-refractivity contribution in [3.05, 3.63) is 22.4 Å². The molecule has 1 aromatic rings. The Labute approximate surface area is 194 Å². The summed E-state index contributed by atoms with van der Waals surface area (Å²) in [4.78, 5) is 44.0. The van der Waals surface area contributed by atoms with E-state index < -0.39 is 5.60 Å². The first-order valence-electron chi connectivity index (χ1n) is 11.5. The minimum absolute atomic E-state index is 0.0306. The van der Waals surface area contributed by atoms with Crippen LogP contribution in [0.5, 0.6) is 0 Å². The maximum Gasteiger partial charge on any atom is 0.410 e. The summed E-state index contributed by atoms with van der Waals surface area (Å²) in [7, 11) is 0. The predicted molar refractivity (Wildman–Crippen MR) is 125 cm³/mol. The fraction of sp³-hybridized carbons (Fsp3) is 0.696. The number of nitrogens with zero attached hydrogens (tertiary/aromatic N) is 3. The Morgan fingerprint density at radius 2 is 1.88 bits per heavy atom. The van der Waals surface area contributed by atoms with Gasteiger partial charge in [-0.3, -0.25) is 14.5 Å². The van der Waals surface area contributed by atoms with Gasteiger partial charge in [-0.05, 0) is 58.0 Å². The second-order valence-corrected chi connectivity index (χ2v) is 10.5. The first-order chi connectivity index (χ1) is 15.2. The van der Waals surface area contributed by atoms with Gasteiger partial charge in [0.15, 0.2) is 0 Å². The molecule has 0 bridgehead atoms. The number of hydrogen-bond acceptors (Lipinski definition) is 6. The van der Waals surface area contributed by atoms with E-state index in [9.17, 15) is 14.4 Å². The topological polar surface area (TPSA) is 82.2 Å². The number of amides is 3. The van der Waals surface area contributed by atoms with Gasteiger partial charge in [-0.2, -0.15) is 0 Å². The van der Waals surface area contributed by atoms with E-state index in [1.165, 1.54) is 11.3 Å². The van der Waals surface area contributed by atoms with Crippen molar-refractivity contribution in [3.8, 4) is 0 Å². The molecule has 2 aliphatic rings. The standard InChI is InChI=1S/C23H36N4O4S/c1-23(2,3)31-22(30)26-14-12-25(13-15-26)10-6-9-24-20(28)18-7-4-11-27(17-18)21(29)19-8-5-16-32-19/h5,8,16,18H,4,6-7,9-15,17H2,1-3H3,(H,24,28). The van der Waals surface area contributed by atoms with Gasteiger partial charge < -0.3 is 19.9 Å². The summed E-state index contributed by atoms with van der Waals surface area (Å²) in [6.07, 6.45) is 2.30. The van der Waals surface area contributed by atoms with Gasteiger partial charge in [-0.1, -0.05) is 6.07 Å². The normalized spacial score (nSPS) is 20.2. The second-order valence-electron chi connectivity index (χ2n) is 9.52. The van der Waals surface area contributed by atoms with E-state index >= 15 is 0 Å². The first-order valence-corrected chi connectivity index (χ1v) is 12.4. The molecule has 0 aromatic carbocycles. The number of piperidine rings is 1. The van der Waals surface area contributed by atoms with Crippen LogP contribution in [-0.2, 0) is 9.53 Å². The number of nitrogens with one attached hydrogen (secondary N) is 1. The van der Waals surface area contributed by atoms with Gasteiger partial charge in [0.1, 0.15) is 5.60 Å². The minimum atomic E-state index is -0.473. The molecule has 3 amide bonds. The van der Waals surface area contributed by atoms with Crippen molar-refractivity contribution in [1.29, 1.82) is 0 Å². The molecule has 0 spiro atoms. The number of likely N-dealkylation sites (tertiary alicyclic amines) is 1. The fourth-order valence-electron chi connectivity index (χ4n) is 4.07. The summed E-state index contributed by atoms with van der Waals surface area (Å²) in [6, 6.07) is 3.72. The molecule has 0 saturated carbocycles. The molecule has 2 saturated heterocycles. The number of hydrogen-bond donors (Lipinski definition) is 1. The minimum Gasteiger partial charge on any atom is -0.444 e. The highest BCUT2D eigenvalue weighted by Gasteiger charge is 2.29. The summed E-state index contributed by atoms with van der Waals surface area (Å²) in [5.74, 6) is -0.0588. The highest BCUT2D eigenvalue weighted by Crippen LogP contribution is 2.20. The zero-order valence-electron chi connectivity index (χ0n) is 19.5. The highest BCUT2D eigenvalue weighted by molar-refractivity contribution is 7.12. The van der Waals surface area contributed by atoms with Crippen molar-refractivity contribution in [2.75, 3.05) is 52.4 Å². The smallest absolute Gasteiger partial charge is 0.410 e. The molecule has 1 N–H and O–H groups in total. The molecule has 3 heterocycles. The quantitative estimate of drug-likeness (QED) is 0.655. The molecule has 8 nitrogen and oxygen atoms in total. The third-order valence-corrected chi connectivity index (χ3v) is 6.64. The molecule has 32 heavy (non-hydrogen) atoms. The second kappa shape index (κ2) is 11.1. The van der Waals surface area contributed by atoms with E-state index in [4.69, 9.17) is 4.74 Å². The van der Waals surface area contributed by atoms with Crippen LogP contribution in [0.15, 0.2) is 17.5 Å². The van der Waals surface area contributed by atoms with Crippen LogP contribution in [0, 0.1) is 5.92 Å². The zero-order valence-corrected chi connectivity index (χ0v) is 20.3. The summed E-state index contributed by atoms with van der Waals surface area (Å²) < 4.78 is 5.44. The van der Waals surface area contributed by atoms with Gasteiger partial charge in [0.05, 0.1) is 10.8 Å². The van der Waals surface area contributed by atoms with Gasteiger partial charge >= 0.3 is 6.09 Å². The summed E-state index contributed by atoms with van der Waals surface area (Å²) >= 11 is 1.44. The van der Waals surface area contributed by atoms with Gasteiger partial charge in [-0.25, -0.2) is 4.79 Å². The van der Waals surface area contributed by atoms with Crippen LogP contribution in [-0.4, -0.2) is 90.6 Å². The van der Waals surface area contributed by atoms with Crippen molar-refractivity contribution < 1.29 is 19.1 Å². The Morgan fingerprint density at radius 3 is 2.53 bits per heavy atom. The third-order valence-electron chi connectivity index (χ3n) is 5.79. The molecule has 1 aromatic heterocycles. The van der Waals surface area contributed by atoms with E-state index in [0.29, 0.717) is 26.2 Å². The molecule has 0 aliphatic carbocycles. The van der Waals surface area contributed by atoms with E-state index in [2.05, 4.69) is 10.2 Å². The molecular formula is C23H36N4O4S. The van der Waals surface area contributed by atoms with Crippen molar-refractivity contribution >= 4 is 29.2 Å². The van der Waals surface area contributed by atoms with Crippen LogP contribution in [0.1, 0.15) is 49.7 Å². The lowest BCUT2D eigenvalue weighted by atomic mass is 9.97. The lowest BCUT2D eigenvalue weighted by Gasteiger charge is -2.35. The lowest BCUT2D eigenvalue weighted by Crippen LogP contribution is -2.50. The number of rotatable bonds is 6. The van der Waals surface area contributed by atoms with Gasteiger partial charge in [0.25, 0.3) is 5.91 Å². The van der Waals surface area contributed by atoms with Crippen LogP contribution >= 0.6 is 11.3 Å². The lowest BCUT2D eigenvalue weighted by molar-refractivity contribution is -0.126. The Balaban J connectivity index is 1.32. The third kappa shape index (κ3) is 7.20. The number of ether oxygens (including phenoxy) is 1. The van der Waals surface area contributed by atoms with E-state index in [-0.39, 0.29) is 23.8 Å². The average Bonchev–Trinajstić information content (AvgIpc) is 3.30. The fourth-order valence-corrected chi connectivity index (χ4v) is 4.76. The number of carbonyl (C=O) groups is 3. The molecule has 1 unspecified atom stereocenters. The molecule has 1 atom stereocenters. The average molecular weight is 465 g/mol. The van der Waals surface area contributed by atoms with Gasteiger partial charge in [-0.15, -0.1) is 11.3 Å². The largest absolute Gasteiger partial charge is 0.444 e. The van der Waals surface area contributed by atoms with Gasteiger partial charge in [0, 0.05) is 45.8 Å². The number of piperazine rings is 1. The number of thiophene rings is 1. The summed E-state index contributed by atoms with van der Waals surface area (Å²) in [6.45, 7) is 11.3. The monoisotopic (exact) mass is 464 g/mol. The molecular weight excluding hydrogens is 428 g/mol. The van der Waals surface area contributed by atoms with Crippen LogP contribution in [0.2, 0.25) is 0 Å². The maximum atomic E-state index is 12.6. The molecule has 2 fully saturated rings. The zero-order chi connectivity index (χ0) is 23.1. The molecule has 178 valence electrons. The molecule has 2 aliphatic heterocycles. The van der Waals surface area contributed by atoms with E-state index in [0.717, 1.165) is 50.3 Å². The first kappa shape index (κ1) is 24.5. The van der Waals surface area contributed by atoms with Crippen LogP contribution in [0.3, 0.4) is 0 Å². The van der Waals surface area contributed by atoms with E-state index in [1.807, 2.05) is 43.2 Å². The van der Waals surface area contributed by atoms with Crippen molar-refractivity contribution in [2.24, 2.45) is 5.92 Å². The van der Waals surface area contributed by atoms with E-state index in [1.54, 1.807) is 4.90 Å². The maximum absolute atomic E-state index is 12.6. The van der Waals surface area contributed by atoms with Crippen LogP contribution in [0.25, 0.3) is 0 Å². The van der Waals surface area contributed by atoms with Crippen molar-refractivity contribution in [1.82, 2.24) is 20.0 Å².